The van der Waals surface area contributed by atoms with E-state index >= 15 is 0 Å². The summed E-state index contributed by atoms with van der Waals surface area (Å²) >= 11 is 0. The Morgan fingerprint density at radius 3 is 2.18 bits per heavy atom. The molecule has 0 unspecified atom stereocenters. The molecule has 1 saturated heterocycles. The molecule has 1 heterocycles. The highest BCUT2D eigenvalue weighted by Gasteiger charge is 2.45. The van der Waals surface area contributed by atoms with Crippen molar-refractivity contribution in [1.82, 2.24) is 5.06 Å². The monoisotopic (exact) mass is 331 g/mol. The highest BCUT2D eigenvalue weighted by Crippen LogP contribution is 2.34. The van der Waals surface area contributed by atoms with Gasteiger partial charge in [0, 0.05) is 19.0 Å². The van der Waals surface area contributed by atoms with Crippen molar-refractivity contribution in [3.8, 4) is 0 Å². The van der Waals surface area contributed by atoms with Gasteiger partial charge in [0.05, 0.1) is 5.56 Å². The first-order chi connectivity index (χ1) is 9.98. The Balaban J connectivity index is 1.98. The van der Waals surface area contributed by atoms with E-state index < -0.39 is 35.6 Å². The van der Waals surface area contributed by atoms with Crippen LogP contribution in [0.4, 0.5) is 30.7 Å². The number of hydrogen-bond donors (Lipinski definition) is 0. The van der Waals surface area contributed by atoms with Crippen molar-refractivity contribution in [2.45, 2.75) is 18.3 Å². The predicted octanol–water partition coefficient (Wildman–Crippen LogP) is 3.26. The lowest BCUT2D eigenvalue weighted by Crippen LogP contribution is -2.48. The van der Waals surface area contributed by atoms with Crippen LogP contribution in [0.3, 0.4) is 0 Å². The summed E-state index contributed by atoms with van der Waals surface area (Å²) in [6, 6.07) is 1.92. The van der Waals surface area contributed by atoms with E-state index in [9.17, 15) is 35.5 Å². The van der Waals surface area contributed by atoms with Gasteiger partial charge < -0.3 is 4.84 Å². The summed E-state index contributed by atoms with van der Waals surface area (Å²) in [5.41, 5.74) is -1.24. The van der Waals surface area contributed by atoms with E-state index in [0.717, 1.165) is 6.07 Å². The number of halogens is 7. The molecule has 0 spiro atoms. The molecule has 10 heteroatoms. The lowest BCUT2D eigenvalue weighted by Gasteiger charge is -2.37. The largest absolute Gasteiger partial charge is 0.492 e. The molecule has 3 nitrogen and oxygen atoms in total. The number of alkyl halides is 6. The zero-order chi connectivity index (χ0) is 16.7. The van der Waals surface area contributed by atoms with Crippen LogP contribution in [0.5, 0.6) is 0 Å². The molecule has 1 aliphatic heterocycles. The molecule has 0 saturated carbocycles. The summed E-state index contributed by atoms with van der Waals surface area (Å²) in [5.74, 6) is -4.16. The topological polar surface area (TPSA) is 29.5 Å². The third-order valence-electron chi connectivity index (χ3n) is 3.06. The third kappa shape index (κ3) is 3.49. The summed E-state index contributed by atoms with van der Waals surface area (Å²) in [7, 11) is 0. The van der Waals surface area contributed by atoms with Gasteiger partial charge in [-0.2, -0.15) is 26.3 Å². The SMILES string of the molecule is O=C(ON1CC(c2ccc(C(F)(F)F)cc2F)C1)C(F)(F)F. The van der Waals surface area contributed by atoms with Gasteiger partial charge in [-0.05, 0) is 17.7 Å². The maximum Gasteiger partial charge on any atom is 0.492 e. The van der Waals surface area contributed by atoms with Crippen molar-refractivity contribution in [2.24, 2.45) is 0 Å². The molecule has 0 amide bonds. The van der Waals surface area contributed by atoms with Gasteiger partial charge in [0.25, 0.3) is 0 Å². The molecule has 2 rings (SSSR count). The molecule has 1 aromatic carbocycles. The molecule has 1 aliphatic rings. The van der Waals surface area contributed by atoms with E-state index in [-0.39, 0.29) is 18.7 Å². The Morgan fingerprint density at radius 2 is 1.73 bits per heavy atom. The van der Waals surface area contributed by atoms with Crippen molar-refractivity contribution in [3.63, 3.8) is 0 Å². The minimum absolute atomic E-state index is 0.0766. The minimum Gasteiger partial charge on any atom is -0.361 e. The Bertz CT molecular complexity index is 576. The van der Waals surface area contributed by atoms with Gasteiger partial charge in [0.15, 0.2) is 0 Å². The number of hydrogen-bond acceptors (Lipinski definition) is 3. The van der Waals surface area contributed by atoms with Gasteiger partial charge >= 0.3 is 18.3 Å². The van der Waals surface area contributed by atoms with E-state index in [2.05, 4.69) is 4.84 Å². The maximum absolute atomic E-state index is 13.6. The van der Waals surface area contributed by atoms with Crippen LogP contribution in [0, 0.1) is 5.82 Å². The average Bonchev–Trinajstić information content (AvgIpc) is 2.31. The normalized spacial score (nSPS) is 17.2. The average molecular weight is 331 g/mol. The Kier molecular flexibility index (Phi) is 4.07. The lowest BCUT2D eigenvalue weighted by molar-refractivity contribution is -0.253. The maximum atomic E-state index is 13.6. The summed E-state index contributed by atoms with van der Waals surface area (Å²) < 4.78 is 86.6. The number of carbonyl (C=O) groups excluding carboxylic acids is 1. The van der Waals surface area contributed by atoms with Crippen molar-refractivity contribution >= 4 is 5.97 Å². The van der Waals surface area contributed by atoms with Gasteiger partial charge in [0.1, 0.15) is 5.82 Å². The summed E-state index contributed by atoms with van der Waals surface area (Å²) in [4.78, 5) is 14.5. The van der Waals surface area contributed by atoms with Gasteiger partial charge in [-0.25, -0.2) is 9.18 Å². The lowest BCUT2D eigenvalue weighted by atomic mass is 9.92. The van der Waals surface area contributed by atoms with E-state index in [1.807, 2.05) is 0 Å². The van der Waals surface area contributed by atoms with Crippen LogP contribution in [0.1, 0.15) is 17.0 Å². The minimum atomic E-state index is -5.15. The molecule has 0 bridgehead atoms. The quantitative estimate of drug-likeness (QED) is 0.779. The van der Waals surface area contributed by atoms with Crippen LogP contribution in [-0.4, -0.2) is 30.3 Å². The molecular formula is C12H8F7NO2. The molecule has 22 heavy (non-hydrogen) atoms. The van der Waals surface area contributed by atoms with E-state index in [4.69, 9.17) is 0 Å². The van der Waals surface area contributed by atoms with Crippen molar-refractivity contribution in [2.75, 3.05) is 13.1 Å². The van der Waals surface area contributed by atoms with Crippen molar-refractivity contribution < 1.29 is 40.4 Å². The van der Waals surface area contributed by atoms with Crippen LogP contribution >= 0.6 is 0 Å². The molecule has 0 aromatic heterocycles. The first kappa shape index (κ1) is 16.5. The number of hydroxylamine groups is 2. The van der Waals surface area contributed by atoms with E-state index in [0.29, 0.717) is 17.2 Å². The van der Waals surface area contributed by atoms with Gasteiger partial charge in [-0.1, -0.05) is 6.07 Å². The first-order valence-electron chi connectivity index (χ1n) is 5.89. The smallest absolute Gasteiger partial charge is 0.361 e. The molecule has 0 aliphatic carbocycles. The fraction of sp³-hybridized carbons (Fsp3) is 0.417. The molecule has 1 aromatic rings. The fourth-order valence-electron chi connectivity index (χ4n) is 1.91. The first-order valence-corrected chi connectivity index (χ1v) is 5.89. The van der Waals surface area contributed by atoms with Gasteiger partial charge in [-0.3, -0.25) is 0 Å². The zero-order valence-corrected chi connectivity index (χ0v) is 10.6. The number of rotatable bonds is 2. The van der Waals surface area contributed by atoms with Crippen LogP contribution in [0.25, 0.3) is 0 Å². The number of benzene rings is 1. The number of nitrogens with zero attached hydrogens (tertiary/aromatic N) is 1. The molecular weight excluding hydrogens is 323 g/mol. The van der Waals surface area contributed by atoms with Gasteiger partial charge in [0.2, 0.25) is 0 Å². The van der Waals surface area contributed by atoms with E-state index in [1.165, 1.54) is 0 Å². The third-order valence-corrected chi connectivity index (χ3v) is 3.06. The van der Waals surface area contributed by atoms with Crippen LogP contribution in [-0.2, 0) is 15.8 Å². The van der Waals surface area contributed by atoms with Crippen molar-refractivity contribution in [3.05, 3.63) is 35.1 Å². The molecule has 1 fully saturated rings. The molecule has 0 N–H and O–H groups in total. The van der Waals surface area contributed by atoms with Crippen molar-refractivity contribution in [1.29, 1.82) is 0 Å². The van der Waals surface area contributed by atoms with E-state index in [1.54, 1.807) is 0 Å². The highest BCUT2D eigenvalue weighted by atomic mass is 19.4. The standard InChI is InChI=1S/C12H8F7NO2/c13-9-3-7(11(14,15)16)1-2-8(9)6-4-20(5-6)22-10(21)12(17,18)19/h1-3,6H,4-5H2. The van der Waals surface area contributed by atoms with Gasteiger partial charge in [-0.15, -0.1) is 5.06 Å². The molecule has 0 radical (unpaired) electrons. The van der Waals surface area contributed by atoms with Crippen LogP contribution in [0.15, 0.2) is 18.2 Å². The second kappa shape index (κ2) is 5.41. The zero-order valence-electron chi connectivity index (χ0n) is 10.6. The molecule has 0 atom stereocenters. The van der Waals surface area contributed by atoms with Crippen LogP contribution in [0.2, 0.25) is 0 Å². The predicted molar refractivity (Wildman–Crippen MR) is 57.9 cm³/mol. The summed E-state index contributed by atoms with van der Waals surface area (Å²) in [6.45, 7) is -0.464. The Labute approximate surface area is 119 Å². The Morgan fingerprint density at radius 1 is 1.14 bits per heavy atom. The number of carbonyl (C=O) groups is 1. The summed E-state index contributed by atoms with van der Waals surface area (Å²) in [6.07, 6.45) is -9.84. The second-order valence-electron chi connectivity index (χ2n) is 4.65. The summed E-state index contributed by atoms with van der Waals surface area (Å²) in [5, 5.41) is 0.664. The fourth-order valence-corrected chi connectivity index (χ4v) is 1.91. The molecule has 122 valence electrons. The second-order valence-corrected chi connectivity index (χ2v) is 4.65. The highest BCUT2D eigenvalue weighted by molar-refractivity contribution is 5.75. The Hall–Kier alpha value is -1.84. The van der Waals surface area contributed by atoms with Crippen LogP contribution < -0.4 is 0 Å².